The Kier molecular flexibility index (Phi) is 25.2. The lowest BCUT2D eigenvalue weighted by atomic mass is 10.0. The maximum atomic E-state index is 14.4. The molecule has 0 aliphatic carbocycles. The number of rotatable bonds is 35. The molecule has 0 radical (unpaired) electrons. The first-order chi connectivity index (χ1) is 50.6. The number of aryl methyl sites for hydroxylation is 7. The fourth-order valence-corrected chi connectivity index (χ4v) is 42.7. The van der Waals surface area contributed by atoms with E-state index < -0.39 is 16.1 Å². The third-order valence-electron chi connectivity index (χ3n) is 22.8. The molecule has 4 unspecified atom stereocenters. The van der Waals surface area contributed by atoms with Gasteiger partial charge in [-0.2, -0.15) is 11.3 Å². The number of anilines is 2. The highest BCUT2D eigenvalue weighted by Gasteiger charge is 2.54. The zero-order valence-electron chi connectivity index (χ0n) is 63.4. The maximum Gasteiger partial charge on any atom is 0.267 e. The number of nitrogens with zero attached hydrogens (tertiary/aromatic N) is 2. The van der Waals surface area contributed by atoms with E-state index in [1.165, 1.54) is 214 Å². The molecule has 4 aliphatic rings. The molecule has 0 saturated heterocycles. The van der Waals surface area contributed by atoms with Crippen LogP contribution in [0.4, 0.5) is 11.4 Å². The van der Waals surface area contributed by atoms with Gasteiger partial charge in [-0.1, -0.05) is 213 Å². The Morgan fingerprint density at radius 2 is 0.769 bits per heavy atom. The molecule has 0 spiro atoms. The van der Waals surface area contributed by atoms with Crippen LogP contribution in [0.2, 0.25) is 12.1 Å². The van der Waals surface area contributed by atoms with Gasteiger partial charge >= 0.3 is 0 Å². The standard InChI is InChI=1S/C46H57NO2S4Si.C42H49NO2S4Si/c1-7-11-14-15-16-17-19-33-21-23-34(24-22-33)47-45(48)40-31(6)51-42(41(40)46(47)49)36-28-38-44(53-36)43-37(27-30(5)50-43)54(38,29-32(10-4)18-12-8-2)39-26-25-35(52-39)20-13-9-3;1-6-9-11-12-13-14-17-30-19-21-31(22-20-30)43-41(44)36-28(5)48-38(37(36)42(43)45)32-25-34-40(49-32)39-33(24-27(4)47-39)50(34,35-18-15-23-46-35)26-29(8-3)16-10-7-2/h21-28,32H,7-20,29H2,1-6H3;15,18-25,29H,6-14,16-17,26H2,1-5H3. The highest BCUT2D eigenvalue weighted by molar-refractivity contribution is 7.40. The number of fused-ring (bicyclic) bond motifs is 8. The number of carbonyl (C=O) groups excluding carboxylic acids is 4. The summed E-state index contributed by atoms with van der Waals surface area (Å²) in [5, 5.41) is 8.58. The summed E-state index contributed by atoms with van der Waals surface area (Å²) < 4.78 is 3.16. The van der Waals surface area contributed by atoms with E-state index >= 15 is 0 Å². The van der Waals surface area contributed by atoms with E-state index in [-0.39, 0.29) is 23.6 Å². The van der Waals surface area contributed by atoms with E-state index in [4.69, 9.17) is 0 Å². The van der Waals surface area contributed by atoms with Crippen LogP contribution in [0.15, 0.2) is 102 Å². The number of thiophene rings is 8. The molecule has 10 aromatic rings. The number of hydrogen-bond acceptors (Lipinski definition) is 12. The molecule has 12 heterocycles. The number of hydrogen-bond donors (Lipinski definition) is 0. The monoisotopic (exact) mass is 1570 g/mol. The van der Waals surface area contributed by atoms with E-state index in [0.29, 0.717) is 45.5 Å². The SMILES string of the molecule is CCCCCCCCc1ccc(N2C(=O)c3c(C)sc(-c4cc5c(s4)-c4sc(C)cc4[Si]5(CC(CC)CCCC)c4ccc(CCCC)s4)c3C2=O)cc1.CCCCCCCCc1ccc(N2C(=O)c3c(C)sc(-c4cc5c(s4)-c4sc(C)cc4[Si]5(CC(CC)CCCC)c4cccs4)c3C2=O)cc1. The molecule has 548 valence electrons. The van der Waals surface area contributed by atoms with Crippen molar-refractivity contribution < 1.29 is 19.2 Å². The Bertz CT molecular complexity index is 4660. The van der Waals surface area contributed by atoms with Crippen LogP contribution in [-0.4, -0.2) is 39.8 Å². The minimum atomic E-state index is -2.35. The van der Waals surface area contributed by atoms with E-state index in [2.05, 4.69) is 152 Å². The lowest BCUT2D eigenvalue weighted by Gasteiger charge is -2.32. The van der Waals surface area contributed by atoms with E-state index in [1.807, 2.05) is 94.8 Å². The first-order valence-electron chi connectivity index (χ1n) is 39.4. The third kappa shape index (κ3) is 14.8. The maximum absolute atomic E-state index is 14.4. The molecule has 4 aliphatic heterocycles. The lowest BCUT2D eigenvalue weighted by molar-refractivity contribution is 0.0910. The fourth-order valence-electron chi connectivity index (χ4n) is 17.1. The van der Waals surface area contributed by atoms with Crippen LogP contribution in [0.3, 0.4) is 0 Å². The van der Waals surface area contributed by atoms with Crippen molar-refractivity contribution in [3.05, 3.63) is 160 Å². The minimum absolute atomic E-state index is 0.174. The van der Waals surface area contributed by atoms with Crippen LogP contribution < -0.4 is 39.5 Å². The third-order valence-corrected chi connectivity index (χ3v) is 44.9. The van der Waals surface area contributed by atoms with Crippen LogP contribution in [0.1, 0.15) is 267 Å². The van der Waals surface area contributed by atoms with Crippen LogP contribution in [0.5, 0.6) is 0 Å². The zero-order chi connectivity index (χ0) is 73.0. The highest BCUT2D eigenvalue weighted by atomic mass is 32.1. The van der Waals surface area contributed by atoms with Gasteiger partial charge < -0.3 is 0 Å². The Labute approximate surface area is 654 Å². The van der Waals surface area contributed by atoms with Gasteiger partial charge in [0.25, 0.3) is 23.6 Å². The summed E-state index contributed by atoms with van der Waals surface area (Å²) in [5.74, 6) is 0.650. The minimum Gasteiger partial charge on any atom is -0.268 e. The summed E-state index contributed by atoms with van der Waals surface area (Å²) in [7, 11) is -4.63. The van der Waals surface area contributed by atoms with Crippen molar-refractivity contribution >= 4 is 172 Å². The molecule has 4 atom stereocenters. The predicted octanol–water partition coefficient (Wildman–Crippen LogP) is 24.5. The van der Waals surface area contributed by atoms with E-state index in [1.54, 1.807) is 47.2 Å². The summed E-state index contributed by atoms with van der Waals surface area (Å²) in [6.45, 7) is 24.8. The molecule has 0 fully saturated rings. The Morgan fingerprint density at radius 3 is 1.19 bits per heavy atom. The Balaban J connectivity index is 0.000000185. The molecule has 0 N–H and O–H groups in total. The van der Waals surface area contributed by atoms with Gasteiger partial charge in [0.1, 0.15) is 0 Å². The second-order valence-corrected chi connectivity index (χ2v) is 47.6. The number of unbranched alkanes of at least 4 members (excludes halogenated alkanes) is 13. The fraction of sp³-hybridized carbons (Fsp3) is 0.455. The molecule has 6 nitrogen and oxygen atoms in total. The van der Waals surface area contributed by atoms with Crippen molar-refractivity contribution in [3.8, 4) is 39.0 Å². The molecular formula is C88H106N2O4S8Si2. The molecule has 2 aromatic carbocycles. The van der Waals surface area contributed by atoms with Crippen molar-refractivity contribution in [1.29, 1.82) is 0 Å². The summed E-state index contributed by atoms with van der Waals surface area (Å²) in [5.41, 5.74) is 6.30. The molecule has 8 aromatic heterocycles. The second-order valence-electron chi connectivity index (χ2n) is 30.0. The normalized spacial score (nSPS) is 16.9. The topological polar surface area (TPSA) is 74.8 Å². The van der Waals surface area contributed by atoms with Gasteiger partial charge in [-0.05, 0) is 182 Å². The molecule has 4 amide bonds. The molecule has 16 heteroatoms. The largest absolute Gasteiger partial charge is 0.268 e. The van der Waals surface area contributed by atoms with Gasteiger partial charge in [-0.3, -0.25) is 19.2 Å². The van der Waals surface area contributed by atoms with Gasteiger partial charge in [-0.25, -0.2) is 9.80 Å². The van der Waals surface area contributed by atoms with Crippen molar-refractivity contribution in [2.24, 2.45) is 11.8 Å². The lowest BCUT2D eigenvalue weighted by Crippen LogP contribution is -2.64. The van der Waals surface area contributed by atoms with Crippen molar-refractivity contribution in [1.82, 2.24) is 0 Å². The number of amides is 4. The average Bonchev–Trinajstić information content (AvgIpc) is 1.53. The van der Waals surface area contributed by atoms with E-state index in [0.717, 1.165) is 48.5 Å². The van der Waals surface area contributed by atoms with E-state index in [9.17, 15) is 19.2 Å². The zero-order valence-corrected chi connectivity index (χ0v) is 71.9. The van der Waals surface area contributed by atoms with Crippen molar-refractivity contribution in [2.45, 2.75) is 249 Å². The first-order valence-corrected chi connectivity index (χ1v) is 50.5. The molecule has 0 saturated carbocycles. The molecule has 0 bridgehead atoms. The van der Waals surface area contributed by atoms with Crippen molar-refractivity contribution in [2.75, 3.05) is 9.80 Å². The van der Waals surface area contributed by atoms with Gasteiger partial charge in [0.05, 0.1) is 43.4 Å². The number of imide groups is 2. The summed E-state index contributed by atoms with van der Waals surface area (Å²) >= 11 is 14.9. The number of carbonyl (C=O) groups is 4. The number of benzene rings is 2. The summed E-state index contributed by atoms with van der Waals surface area (Å²) in [4.78, 5) is 75.8. The van der Waals surface area contributed by atoms with Gasteiger partial charge in [0.2, 0.25) is 0 Å². The summed E-state index contributed by atoms with van der Waals surface area (Å²) in [6, 6.07) is 38.4. The molecular weight excluding hydrogens is 1460 g/mol. The summed E-state index contributed by atoms with van der Waals surface area (Å²) in [6.07, 6.45) is 30.9. The van der Waals surface area contributed by atoms with Crippen LogP contribution in [0.25, 0.3) is 39.0 Å². The van der Waals surface area contributed by atoms with Crippen molar-refractivity contribution in [3.63, 3.8) is 0 Å². The predicted molar refractivity (Wildman–Crippen MR) is 463 cm³/mol. The quantitative estimate of drug-likeness (QED) is 0.0225. The van der Waals surface area contributed by atoms with Gasteiger partial charge in [0, 0.05) is 62.6 Å². The van der Waals surface area contributed by atoms with Crippen LogP contribution in [0, 0.1) is 39.5 Å². The second kappa shape index (κ2) is 34.1. The van der Waals surface area contributed by atoms with Crippen LogP contribution >= 0.6 is 90.7 Å². The average molecular weight is 1570 g/mol. The first kappa shape index (κ1) is 76.9. The Hall–Kier alpha value is -5.25. The van der Waals surface area contributed by atoms with Crippen LogP contribution in [-0.2, 0) is 19.3 Å². The Morgan fingerprint density at radius 1 is 0.365 bits per heavy atom. The van der Waals surface area contributed by atoms with Gasteiger partial charge in [0.15, 0.2) is 16.1 Å². The molecule has 14 rings (SSSR count). The smallest absolute Gasteiger partial charge is 0.267 e. The molecule has 104 heavy (non-hydrogen) atoms. The highest BCUT2D eigenvalue weighted by Crippen LogP contribution is 2.52. The van der Waals surface area contributed by atoms with Gasteiger partial charge in [-0.15, -0.1) is 79.4 Å².